The van der Waals surface area contributed by atoms with E-state index >= 15 is 0 Å². The van der Waals surface area contributed by atoms with Gasteiger partial charge < -0.3 is 14.8 Å². The number of carbonyl (C=O) groups excluding carboxylic acids is 2. The minimum Gasteiger partial charge on any atom is -0.465 e. The van der Waals surface area contributed by atoms with Crippen LogP contribution in [0.25, 0.3) is 0 Å². The highest BCUT2D eigenvalue weighted by Gasteiger charge is 2.43. The van der Waals surface area contributed by atoms with E-state index in [0.29, 0.717) is 19.7 Å². The van der Waals surface area contributed by atoms with Crippen LogP contribution in [0.3, 0.4) is 0 Å². The summed E-state index contributed by atoms with van der Waals surface area (Å²) in [5.41, 5.74) is 0.585. The van der Waals surface area contributed by atoms with Gasteiger partial charge in [0.05, 0.1) is 25.1 Å². The fourth-order valence-corrected chi connectivity index (χ4v) is 2.57. The topological polar surface area (TPSA) is 67.9 Å². The minimum atomic E-state index is -0.374. The summed E-state index contributed by atoms with van der Waals surface area (Å²) >= 11 is 0. The monoisotopic (exact) mass is 320 g/mol. The molecule has 0 spiro atoms. The summed E-state index contributed by atoms with van der Waals surface area (Å²) in [4.78, 5) is 25.7. The second-order valence-corrected chi connectivity index (χ2v) is 5.81. The fraction of sp³-hybridized carbons (Fsp3) is 0.529. The molecule has 0 aliphatic carbocycles. The maximum atomic E-state index is 12.1. The number of benzene rings is 1. The summed E-state index contributed by atoms with van der Waals surface area (Å²) in [6.07, 6.45) is 0.253. The lowest BCUT2D eigenvalue weighted by atomic mass is 9.87. The van der Waals surface area contributed by atoms with Gasteiger partial charge >= 0.3 is 11.9 Å². The van der Waals surface area contributed by atoms with Gasteiger partial charge in [0, 0.05) is 13.1 Å². The van der Waals surface area contributed by atoms with Crippen molar-refractivity contribution in [3.05, 3.63) is 35.9 Å². The zero-order valence-corrected chi connectivity index (χ0v) is 13.7. The molecule has 6 heteroatoms. The molecule has 1 aliphatic heterocycles. The Kier molecular flexibility index (Phi) is 6.12. The number of esters is 2. The van der Waals surface area contributed by atoms with E-state index in [4.69, 9.17) is 9.47 Å². The molecule has 0 aromatic heterocycles. The van der Waals surface area contributed by atoms with Gasteiger partial charge in [-0.25, -0.2) is 0 Å². The second kappa shape index (κ2) is 8.08. The highest BCUT2D eigenvalue weighted by molar-refractivity contribution is 5.73. The Balaban J connectivity index is 1.85. The number of likely N-dealkylation sites (N-methyl/N-ethyl adjacent to an activating group) is 1. The number of rotatable bonds is 8. The fourth-order valence-electron chi connectivity index (χ4n) is 2.57. The summed E-state index contributed by atoms with van der Waals surface area (Å²) in [6.45, 7) is 3.88. The molecule has 0 atom stereocenters. The van der Waals surface area contributed by atoms with Crippen LogP contribution < -0.4 is 5.32 Å². The Bertz CT molecular complexity index is 529. The number of carbonyl (C=O) groups is 2. The first-order chi connectivity index (χ1) is 11.1. The molecule has 1 aliphatic rings. The van der Waals surface area contributed by atoms with E-state index in [1.165, 1.54) is 0 Å². The minimum absolute atomic E-state index is 0.168. The Morgan fingerprint density at radius 1 is 1.17 bits per heavy atom. The van der Waals surface area contributed by atoms with Gasteiger partial charge in [0.1, 0.15) is 6.61 Å². The van der Waals surface area contributed by atoms with E-state index in [-0.39, 0.29) is 37.0 Å². The van der Waals surface area contributed by atoms with Crippen LogP contribution in [0.5, 0.6) is 0 Å². The zero-order chi connectivity index (χ0) is 16.7. The maximum Gasteiger partial charge on any atom is 0.320 e. The van der Waals surface area contributed by atoms with Crippen molar-refractivity contribution in [2.45, 2.75) is 25.5 Å². The van der Waals surface area contributed by atoms with Crippen molar-refractivity contribution in [2.75, 3.05) is 33.3 Å². The lowest BCUT2D eigenvalue weighted by Crippen LogP contribution is -2.69. The van der Waals surface area contributed by atoms with E-state index in [1.807, 2.05) is 42.3 Å². The van der Waals surface area contributed by atoms with Crippen LogP contribution in [0, 0.1) is 0 Å². The molecule has 1 N–H and O–H groups in total. The van der Waals surface area contributed by atoms with Crippen LogP contribution in [0.2, 0.25) is 0 Å². The van der Waals surface area contributed by atoms with E-state index in [9.17, 15) is 9.59 Å². The van der Waals surface area contributed by atoms with E-state index < -0.39 is 0 Å². The Hall–Kier alpha value is -1.92. The van der Waals surface area contributed by atoms with Crippen LogP contribution in [-0.4, -0.2) is 55.7 Å². The van der Waals surface area contributed by atoms with Gasteiger partial charge in [0.2, 0.25) is 0 Å². The molecule has 0 unspecified atom stereocenters. The van der Waals surface area contributed by atoms with Crippen molar-refractivity contribution in [3.63, 3.8) is 0 Å². The maximum absolute atomic E-state index is 12.1. The molecule has 6 nitrogen and oxygen atoms in total. The van der Waals surface area contributed by atoms with Gasteiger partial charge in [-0.05, 0) is 19.5 Å². The molecular weight excluding hydrogens is 296 g/mol. The normalized spacial score (nSPS) is 15.8. The molecule has 0 saturated carbocycles. The first kappa shape index (κ1) is 17.4. The predicted octanol–water partition coefficient (Wildman–Crippen LogP) is 0.957. The van der Waals surface area contributed by atoms with Crippen molar-refractivity contribution in [2.24, 2.45) is 0 Å². The SMILES string of the molecule is CCOC(=O)CN(C)C1(CC(=O)OCc2ccccc2)CNC1. The average Bonchev–Trinajstić information content (AvgIpc) is 2.50. The molecule has 1 saturated heterocycles. The second-order valence-electron chi connectivity index (χ2n) is 5.81. The smallest absolute Gasteiger partial charge is 0.320 e. The van der Waals surface area contributed by atoms with Gasteiger partial charge in [-0.15, -0.1) is 0 Å². The number of nitrogens with zero attached hydrogens (tertiary/aromatic N) is 1. The Morgan fingerprint density at radius 3 is 2.43 bits per heavy atom. The first-order valence-electron chi connectivity index (χ1n) is 7.83. The average molecular weight is 320 g/mol. The molecule has 0 radical (unpaired) electrons. The van der Waals surface area contributed by atoms with Crippen LogP contribution in [-0.2, 0) is 25.7 Å². The molecular formula is C17H24N2O4. The van der Waals surface area contributed by atoms with Gasteiger partial charge in [0.25, 0.3) is 0 Å². The number of hydrogen-bond acceptors (Lipinski definition) is 6. The summed E-state index contributed by atoms with van der Waals surface area (Å²) in [6, 6.07) is 9.58. The van der Waals surface area contributed by atoms with Crippen LogP contribution in [0.1, 0.15) is 18.9 Å². The molecule has 0 amide bonds. The third kappa shape index (κ3) is 4.77. The molecule has 23 heavy (non-hydrogen) atoms. The lowest BCUT2D eigenvalue weighted by Gasteiger charge is -2.48. The van der Waals surface area contributed by atoms with E-state index in [2.05, 4.69) is 5.32 Å². The van der Waals surface area contributed by atoms with Crippen molar-refractivity contribution in [1.29, 1.82) is 0 Å². The molecule has 1 aromatic carbocycles. The summed E-state index contributed by atoms with van der Waals surface area (Å²) in [5, 5.41) is 3.17. The standard InChI is InChI=1S/C17H24N2O4/c1-3-22-16(21)10-19(2)17(12-18-13-17)9-15(20)23-11-14-7-5-4-6-8-14/h4-8,18H,3,9-13H2,1-2H3. The third-order valence-corrected chi connectivity index (χ3v) is 4.11. The van der Waals surface area contributed by atoms with Crippen molar-refractivity contribution >= 4 is 11.9 Å². The van der Waals surface area contributed by atoms with Crippen molar-refractivity contribution in [1.82, 2.24) is 10.2 Å². The Labute approximate surface area is 136 Å². The molecule has 126 valence electrons. The largest absolute Gasteiger partial charge is 0.465 e. The van der Waals surface area contributed by atoms with Gasteiger partial charge in [-0.2, -0.15) is 0 Å². The summed E-state index contributed by atoms with van der Waals surface area (Å²) in [7, 11) is 1.84. The van der Waals surface area contributed by atoms with Crippen LogP contribution in [0.4, 0.5) is 0 Å². The predicted molar refractivity (Wildman–Crippen MR) is 85.7 cm³/mol. The number of ether oxygens (including phenoxy) is 2. The molecule has 0 bridgehead atoms. The van der Waals surface area contributed by atoms with Crippen LogP contribution in [0.15, 0.2) is 30.3 Å². The quantitative estimate of drug-likeness (QED) is 0.720. The van der Waals surface area contributed by atoms with E-state index in [1.54, 1.807) is 6.92 Å². The highest BCUT2D eigenvalue weighted by Crippen LogP contribution is 2.24. The molecule has 2 rings (SSSR count). The van der Waals surface area contributed by atoms with Gasteiger partial charge in [-0.3, -0.25) is 14.5 Å². The van der Waals surface area contributed by atoms with E-state index in [0.717, 1.165) is 5.56 Å². The molecule has 1 fully saturated rings. The zero-order valence-electron chi connectivity index (χ0n) is 13.7. The lowest BCUT2D eigenvalue weighted by molar-refractivity contribution is -0.153. The highest BCUT2D eigenvalue weighted by atomic mass is 16.5. The first-order valence-corrected chi connectivity index (χ1v) is 7.83. The Morgan fingerprint density at radius 2 is 1.87 bits per heavy atom. The van der Waals surface area contributed by atoms with Crippen molar-refractivity contribution in [3.8, 4) is 0 Å². The molecule has 1 heterocycles. The summed E-state index contributed by atoms with van der Waals surface area (Å²) < 4.78 is 10.3. The van der Waals surface area contributed by atoms with Crippen molar-refractivity contribution < 1.29 is 19.1 Å². The number of hydrogen-bond donors (Lipinski definition) is 1. The van der Waals surface area contributed by atoms with Crippen LogP contribution >= 0.6 is 0 Å². The number of nitrogens with one attached hydrogen (secondary N) is 1. The molecule has 1 aromatic rings. The summed E-state index contributed by atoms with van der Waals surface area (Å²) in [5.74, 6) is -0.537. The van der Waals surface area contributed by atoms with Gasteiger partial charge in [-0.1, -0.05) is 30.3 Å². The van der Waals surface area contributed by atoms with Gasteiger partial charge in [0.15, 0.2) is 0 Å². The third-order valence-electron chi connectivity index (χ3n) is 4.11.